The lowest BCUT2D eigenvalue weighted by atomic mass is 9.97. The fourth-order valence-corrected chi connectivity index (χ4v) is 3.36. The Morgan fingerprint density at radius 2 is 2.19 bits per heavy atom. The molecule has 0 unspecified atom stereocenters. The molecule has 116 valence electrons. The third-order valence-corrected chi connectivity index (χ3v) is 4.63. The van der Waals surface area contributed by atoms with Crippen molar-refractivity contribution < 1.29 is 13.9 Å². The van der Waals surface area contributed by atoms with Crippen LogP contribution < -0.4 is 0 Å². The molecule has 5 heteroatoms. The molecular formula is C16H24N2O3. The van der Waals surface area contributed by atoms with E-state index in [2.05, 4.69) is 11.8 Å². The molecule has 0 bridgehead atoms. The summed E-state index contributed by atoms with van der Waals surface area (Å²) < 4.78 is 10.5. The first-order chi connectivity index (χ1) is 10.2. The molecule has 0 spiro atoms. The van der Waals surface area contributed by atoms with Crippen molar-refractivity contribution in [1.29, 1.82) is 0 Å². The Labute approximate surface area is 125 Å². The smallest absolute Gasteiger partial charge is 0.289 e. The van der Waals surface area contributed by atoms with Gasteiger partial charge in [0, 0.05) is 32.3 Å². The number of methoxy groups -OCH3 is 1. The molecule has 3 rings (SSSR count). The highest BCUT2D eigenvalue weighted by Gasteiger charge is 2.38. The zero-order chi connectivity index (χ0) is 14.8. The Hall–Kier alpha value is -1.33. The number of nitrogens with zero attached hydrogens (tertiary/aromatic N) is 2. The highest BCUT2D eigenvalue weighted by atomic mass is 16.5. The van der Waals surface area contributed by atoms with Gasteiger partial charge in [-0.15, -0.1) is 0 Å². The predicted octanol–water partition coefficient (Wildman–Crippen LogP) is 2.12. The Balaban J connectivity index is 1.54. The monoisotopic (exact) mass is 292 g/mol. The van der Waals surface area contributed by atoms with E-state index in [0.29, 0.717) is 30.2 Å². The molecule has 2 aliphatic heterocycles. The summed E-state index contributed by atoms with van der Waals surface area (Å²) in [5.74, 6) is 1.12. The van der Waals surface area contributed by atoms with Crippen LogP contribution in [0, 0.1) is 0 Å². The quantitative estimate of drug-likeness (QED) is 0.853. The molecule has 0 aromatic carbocycles. The summed E-state index contributed by atoms with van der Waals surface area (Å²) in [6.45, 7) is 5.52. The van der Waals surface area contributed by atoms with Crippen LogP contribution in [-0.2, 0) is 11.3 Å². The summed E-state index contributed by atoms with van der Waals surface area (Å²) in [6, 6.07) is 4.73. The fraction of sp³-hybridized carbons (Fsp3) is 0.688. The van der Waals surface area contributed by atoms with Crippen LogP contribution in [0.4, 0.5) is 0 Å². The number of hydrogen-bond donors (Lipinski definition) is 0. The van der Waals surface area contributed by atoms with Gasteiger partial charge in [0.05, 0.1) is 0 Å². The number of likely N-dealkylation sites (tertiary alicyclic amines) is 2. The predicted molar refractivity (Wildman–Crippen MR) is 79.1 cm³/mol. The number of piperidine rings is 1. The molecule has 1 atom stereocenters. The third-order valence-electron chi connectivity index (χ3n) is 4.63. The van der Waals surface area contributed by atoms with E-state index in [1.165, 1.54) is 25.8 Å². The first-order valence-electron chi connectivity index (χ1n) is 7.81. The van der Waals surface area contributed by atoms with E-state index in [0.717, 1.165) is 13.1 Å². The van der Waals surface area contributed by atoms with Gasteiger partial charge in [0.15, 0.2) is 5.76 Å². The number of hydrogen-bond acceptors (Lipinski definition) is 4. The van der Waals surface area contributed by atoms with E-state index in [1.54, 1.807) is 19.2 Å². The Kier molecular flexibility index (Phi) is 4.31. The summed E-state index contributed by atoms with van der Waals surface area (Å²) >= 11 is 0. The van der Waals surface area contributed by atoms with Crippen molar-refractivity contribution in [2.75, 3.05) is 26.7 Å². The lowest BCUT2D eigenvalue weighted by molar-refractivity contribution is 0.000332. The molecule has 2 saturated heterocycles. The summed E-state index contributed by atoms with van der Waals surface area (Å²) in [6.07, 6.45) is 3.90. The highest BCUT2D eigenvalue weighted by molar-refractivity contribution is 5.92. The Morgan fingerprint density at radius 3 is 2.90 bits per heavy atom. The van der Waals surface area contributed by atoms with E-state index in [9.17, 15) is 4.79 Å². The van der Waals surface area contributed by atoms with Gasteiger partial charge in [-0.2, -0.15) is 0 Å². The number of amides is 1. The van der Waals surface area contributed by atoms with Crippen LogP contribution in [0.1, 0.15) is 42.5 Å². The van der Waals surface area contributed by atoms with Crippen molar-refractivity contribution in [1.82, 2.24) is 9.80 Å². The first kappa shape index (κ1) is 14.6. The maximum absolute atomic E-state index is 12.3. The van der Waals surface area contributed by atoms with Gasteiger partial charge < -0.3 is 14.1 Å². The van der Waals surface area contributed by atoms with Crippen molar-refractivity contribution >= 4 is 5.91 Å². The van der Waals surface area contributed by atoms with Gasteiger partial charge in [-0.1, -0.05) is 6.42 Å². The minimum atomic E-state index is -0.00161. The number of ether oxygens (including phenoxy) is 1. The zero-order valence-electron chi connectivity index (χ0n) is 12.9. The second-order valence-corrected chi connectivity index (χ2v) is 6.15. The lowest BCUT2D eigenvalue weighted by Crippen LogP contribution is -2.63. The summed E-state index contributed by atoms with van der Waals surface area (Å²) in [4.78, 5) is 16.8. The van der Waals surface area contributed by atoms with Crippen molar-refractivity contribution in [3.63, 3.8) is 0 Å². The number of carbonyl (C=O) groups excluding carboxylic acids is 1. The number of furan rings is 1. The molecule has 3 heterocycles. The summed E-state index contributed by atoms with van der Waals surface area (Å²) in [5.41, 5.74) is 0. The molecule has 1 aromatic heterocycles. The lowest BCUT2D eigenvalue weighted by Gasteiger charge is -2.48. The van der Waals surface area contributed by atoms with Crippen molar-refractivity contribution in [3.05, 3.63) is 23.7 Å². The van der Waals surface area contributed by atoms with Crippen LogP contribution in [0.2, 0.25) is 0 Å². The van der Waals surface area contributed by atoms with E-state index in [4.69, 9.17) is 9.15 Å². The minimum absolute atomic E-state index is 0.00161. The molecule has 1 aromatic rings. The second kappa shape index (κ2) is 6.20. The number of rotatable bonds is 4. The fourth-order valence-electron chi connectivity index (χ4n) is 3.36. The standard InChI is InChI=1S/C16H24N2O3/c1-12-5-3-4-8-18(12)13-9-17(10-13)16(19)15-7-6-14(21-15)11-20-2/h6-7,12-13H,3-5,8-11H2,1-2H3/t12-/m1/s1. The van der Waals surface area contributed by atoms with Crippen LogP contribution in [0.25, 0.3) is 0 Å². The van der Waals surface area contributed by atoms with Gasteiger partial charge in [-0.3, -0.25) is 9.69 Å². The average molecular weight is 292 g/mol. The van der Waals surface area contributed by atoms with Crippen molar-refractivity contribution in [2.45, 2.75) is 44.9 Å². The number of carbonyl (C=O) groups is 1. The zero-order valence-corrected chi connectivity index (χ0v) is 12.9. The molecule has 2 fully saturated rings. The van der Waals surface area contributed by atoms with E-state index < -0.39 is 0 Å². The molecule has 1 amide bonds. The van der Waals surface area contributed by atoms with Gasteiger partial charge in [0.2, 0.25) is 0 Å². The topological polar surface area (TPSA) is 45.9 Å². The second-order valence-electron chi connectivity index (χ2n) is 6.15. The molecule has 0 aliphatic carbocycles. The molecule has 0 saturated carbocycles. The summed E-state index contributed by atoms with van der Waals surface area (Å²) in [5, 5.41) is 0. The van der Waals surface area contributed by atoms with Crippen LogP contribution in [0.3, 0.4) is 0 Å². The minimum Gasteiger partial charge on any atom is -0.453 e. The molecule has 21 heavy (non-hydrogen) atoms. The van der Waals surface area contributed by atoms with Crippen LogP contribution >= 0.6 is 0 Å². The molecule has 0 N–H and O–H groups in total. The van der Waals surface area contributed by atoms with E-state index in [1.807, 2.05) is 4.90 Å². The average Bonchev–Trinajstić information content (AvgIpc) is 2.88. The SMILES string of the molecule is COCc1ccc(C(=O)N2CC(N3CCCC[C@H]3C)C2)o1. The van der Waals surface area contributed by atoms with Crippen molar-refractivity contribution in [2.24, 2.45) is 0 Å². The van der Waals surface area contributed by atoms with E-state index >= 15 is 0 Å². The molecule has 2 aliphatic rings. The van der Waals surface area contributed by atoms with Gasteiger partial charge in [0.1, 0.15) is 12.4 Å². The van der Waals surface area contributed by atoms with Gasteiger partial charge >= 0.3 is 0 Å². The molecule has 0 radical (unpaired) electrons. The van der Waals surface area contributed by atoms with Gasteiger partial charge in [0.25, 0.3) is 5.91 Å². The third kappa shape index (κ3) is 2.99. The maximum atomic E-state index is 12.3. The summed E-state index contributed by atoms with van der Waals surface area (Å²) in [7, 11) is 1.61. The maximum Gasteiger partial charge on any atom is 0.289 e. The Morgan fingerprint density at radius 1 is 1.38 bits per heavy atom. The van der Waals surface area contributed by atoms with Crippen LogP contribution in [0.15, 0.2) is 16.5 Å². The van der Waals surface area contributed by atoms with E-state index in [-0.39, 0.29) is 5.91 Å². The first-order valence-corrected chi connectivity index (χ1v) is 7.81. The highest BCUT2D eigenvalue weighted by Crippen LogP contribution is 2.25. The normalized spacial score (nSPS) is 24.1. The van der Waals surface area contributed by atoms with Crippen LogP contribution in [0.5, 0.6) is 0 Å². The molecular weight excluding hydrogens is 268 g/mol. The van der Waals surface area contributed by atoms with Crippen LogP contribution in [-0.4, -0.2) is 54.5 Å². The van der Waals surface area contributed by atoms with Crippen molar-refractivity contribution in [3.8, 4) is 0 Å². The largest absolute Gasteiger partial charge is 0.453 e. The Bertz CT molecular complexity index is 493. The van der Waals surface area contributed by atoms with Gasteiger partial charge in [-0.05, 0) is 38.4 Å². The molecule has 5 nitrogen and oxygen atoms in total. The van der Waals surface area contributed by atoms with Gasteiger partial charge in [-0.25, -0.2) is 0 Å².